The molecule has 0 aliphatic carbocycles. The van der Waals surface area contributed by atoms with Gasteiger partial charge in [0.2, 0.25) is 5.91 Å². The Morgan fingerprint density at radius 1 is 1.07 bits per heavy atom. The Morgan fingerprint density at radius 3 is 2.12 bits per heavy atom. The number of benzene rings is 2. The van der Waals surface area contributed by atoms with Crippen LogP contribution in [-0.2, 0) is 27.4 Å². The first-order valence-electron chi connectivity index (χ1n) is 12.6. The minimum atomic E-state index is -1.32. The molecule has 0 radical (unpaired) electrons. The lowest BCUT2D eigenvalue weighted by atomic mass is 9.78. The van der Waals surface area contributed by atoms with E-state index in [1.54, 1.807) is 6.92 Å². The number of aliphatic hydroxyl groups is 1. The fourth-order valence-electron chi connectivity index (χ4n) is 4.76. The van der Waals surface area contributed by atoms with Gasteiger partial charge in [-0.3, -0.25) is 29.9 Å². The van der Waals surface area contributed by atoms with Crippen LogP contribution in [0.3, 0.4) is 0 Å². The minimum absolute atomic E-state index is 0.0872. The van der Waals surface area contributed by atoms with Crippen LogP contribution in [0.2, 0.25) is 0 Å². The summed E-state index contributed by atoms with van der Waals surface area (Å²) in [4.78, 5) is 58.4. The van der Waals surface area contributed by atoms with E-state index in [-0.39, 0.29) is 41.9 Å². The lowest BCUT2D eigenvalue weighted by molar-refractivity contribution is -0.385. The van der Waals surface area contributed by atoms with Gasteiger partial charge in [0.15, 0.2) is 5.70 Å². The zero-order valence-electron chi connectivity index (χ0n) is 22.3. The van der Waals surface area contributed by atoms with Crippen LogP contribution in [0.25, 0.3) is 0 Å². The van der Waals surface area contributed by atoms with Crippen molar-refractivity contribution in [1.82, 2.24) is 10.2 Å². The molecule has 1 unspecified atom stereocenters. The van der Waals surface area contributed by atoms with Crippen molar-refractivity contribution >= 4 is 52.9 Å². The second kappa shape index (κ2) is 12.4. The topological polar surface area (TPSA) is 202 Å². The van der Waals surface area contributed by atoms with Crippen molar-refractivity contribution in [3.8, 4) is 0 Å². The maximum absolute atomic E-state index is 13.1. The second-order valence-corrected chi connectivity index (χ2v) is 12.7. The number of nitrogens with zero attached hydrogens (tertiary/aromatic N) is 3. The van der Waals surface area contributed by atoms with Gasteiger partial charge in [-0.1, -0.05) is 30.8 Å². The van der Waals surface area contributed by atoms with E-state index in [0.29, 0.717) is 15.4 Å². The molecule has 2 aromatic rings. The van der Waals surface area contributed by atoms with Crippen molar-refractivity contribution in [2.75, 3.05) is 6.54 Å². The summed E-state index contributed by atoms with van der Waals surface area (Å²) in [5, 5.41) is 44.5. The number of alkyl carbamates (subject to hydrolysis) is 1. The molecule has 2 aliphatic rings. The van der Waals surface area contributed by atoms with Crippen LogP contribution in [0.15, 0.2) is 58.5 Å². The number of non-ortho nitro benzene ring substituents is 2. The van der Waals surface area contributed by atoms with E-state index in [4.69, 9.17) is 4.74 Å². The molecule has 0 saturated carbocycles. The fraction of sp³-hybridized carbons (Fsp3) is 0.346. The number of ether oxygens (including phenoxy) is 1. The summed E-state index contributed by atoms with van der Waals surface area (Å²) in [6.07, 6.45) is -1.68. The summed E-state index contributed by atoms with van der Waals surface area (Å²) in [5.41, 5.74) is 0.753. The molecule has 2 amide bonds. The molecule has 16 heteroatoms. The molecule has 0 bridgehead atoms. The van der Waals surface area contributed by atoms with E-state index in [2.05, 4.69) is 5.32 Å². The predicted molar refractivity (Wildman–Crippen MR) is 152 cm³/mol. The summed E-state index contributed by atoms with van der Waals surface area (Å²) < 4.78 is 5.48. The molecule has 222 valence electrons. The normalized spacial score (nSPS) is 20.8. The third kappa shape index (κ3) is 6.19. The van der Waals surface area contributed by atoms with E-state index in [0.717, 1.165) is 23.5 Å². The number of nitro groups is 2. The SMILES string of the molecule is CC(CNC(=O)OCc1ccc([N+](=O)[O-])cc1)SC1=C(C(=O)O)N2C(=O)[C@H]([C@@H](C)O)[C@@]2(Cc2ccc([N+](=O)[O-])cc2)S1. The summed E-state index contributed by atoms with van der Waals surface area (Å²) in [6, 6.07) is 11.3. The molecule has 2 aliphatic heterocycles. The summed E-state index contributed by atoms with van der Waals surface area (Å²) in [7, 11) is 0. The van der Waals surface area contributed by atoms with E-state index in [1.807, 2.05) is 0 Å². The number of thioether (sulfide) groups is 2. The molecule has 0 spiro atoms. The number of hydrogen-bond acceptors (Lipinski definition) is 11. The Balaban J connectivity index is 1.43. The number of rotatable bonds is 12. The van der Waals surface area contributed by atoms with E-state index < -0.39 is 44.7 Å². The quantitative estimate of drug-likeness (QED) is 0.177. The summed E-state index contributed by atoms with van der Waals surface area (Å²) in [5.74, 6) is -2.77. The minimum Gasteiger partial charge on any atom is -0.477 e. The molecule has 3 N–H and O–H groups in total. The van der Waals surface area contributed by atoms with Gasteiger partial charge in [0.25, 0.3) is 11.4 Å². The number of carboxylic acid groups (broad SMARTS) is 1. The van der Waals surface area contributed by atoms with Crippen LogP contribution in [0.4, 0.5) is 16.2 Å². The number of carbonyl (C=O) groups is 3. The molecule has 4 rings (SSSR count). The number of nitro benzene ring substituents is 2. The van der Waals surface area contributed by atoms with Crippen LogP contribution >= 0.6 is 23.5 Å². The molecule has 4 atom stereocenters. The lowest BCUT2D eigenvalue weighted by Crippen LogP contribution is -2.70. The van der Waals surface area contributed by atoms with Crippen LogP contribution in [0.5, 0.6) is 0 Å². The highest BCUT2D eigenvalue weighted by molar-refractivity contribution is 8.23. The Labute approximate surface area is 247 Å². The fourth-order valence-corrected chi connectivity index (χ4v) is 8.24. The number of aliphatic hydroxyl groups excluding tert-OH is 1. The van der Waals surface area contributed by atoms with Crippen molar-refractivity contribution in [1.29, 1.82) is 0 Å². The number of β-lactam (4-membered cyclic amide) rings is 1. The monoisotopic (exact) mass is 618 g/mol. The molecule has 0 aromatic heterocycles. The van der Waals surface area contributed by atoms with E-state index >= 15 is 0 Å². The first-order chi connectivity index (χ1) is 19.8. The van der Waals surface area contributed by atoms with Gasteiger partial charge in [-0.25, -0.2) is 9.59 Å². The molecule has 1 saturated heterocycles. The van der Waals surface area contributed by atoms with Gasteiger partial charge in [-0.05, 0) is 30.2 Å². The van der Waals surface area contributed by atoms with Gasteiger partial charge in [-0.2, -0.15) is 0 Å². The Morgan fingerprint density at radius 2 is 1.62 bits per heavy atom. The molecular formula is C26H26N4O10S2. The average Bonchev–Trinajstić information content (AvgIpc) is 3.20. The van der Waals surface area contributed by atoms with Crippen molar-refractivity contribution in [3.05, 3.63) is 89.8 Å². The Hall–Kier alpha value is -4.15. The molecule has 2 aromatic carbocycles. The number of fused-ring (bicyclic) bond motifs is 1. The lowest BCUT2D eigenvalue weighted by Gasteiger charge is -2.54. The summed E-state index contributed by atoms with van der Waals surface area (Å²) in [6.45, 7) is 3.18. The largest absolute Gasteiger partial charge is 0.477 e. The van der Waals surface area contributed by atoms with E-state index in [9.17, 15) is 44.8 Å². The van der Waals surface area contributed by atoms with Crippen molar-refractivity contribution < 1.29 is 39.2 Å². The summed E-state index contributed by atoms with van der Waals surface area (Å²) >= 11 is 2.29. The van der Waals surface area contributed by atoms with Gasteiger partial charge in [0.1, 0.15) is 11.5 Å². The van der Waals surface area contributed by atoms with Crippen LogP contribution in [0, 0.1) is 26.1 Å². The maximum Gasteiger partial charge on any atom is 0.407 e. The number of carbonyl (C=O) groups excluding carboxylic acids is 2. The second-order valence-electron chi connectivity index (χ2n) is 9.69. The zero-order chi connectivity index (χ0) is 30.8. The van der Waals surface area contributed by atoms with Crippen LogP contribution in [0.1, 0.15) is 25.0 Å². The van der Waals surface area contributed by atoms with Crippen molar-refractivity contribution in [3.63, 3.8) is 0 Å². The molecule has 1 fully saturated rings. The van der Waals surface area contributed by atoms with Gasteiger partial charge in [-0.15, -0.1) is 11.8 Å². The standard InChI is InChI=1S/C26H26N4O10S2/c1-14(12-27-25(35)40-13-17-5-9-19(10-6-17)30(38)39)41-24-21(23(33)34)28-22(32)20(15(2)31)26(28,42-24)11-16-3-7-18(8-4-16)29(36)37/h3-10,14-15,20,31H,11-13H2,1-2H3,(H,27,35)(H,33,34)/t14?,15-,20+,26-/m1/s1. The maximum atomic E-state index is 13.1. The van der Waals surface area contributed by atoms with Gasteiger partial charge < -0.3 is 20.3 Å². The predicted octanol–water partition coefficient (Wildman–Crippen LogP) is 3.63. The average molecular weight is 619 g/mol. The number of aliphatic carboxylic acids is 1. The highest BCUT2D eigenvalue weighted by Gasteiger charge is 2.68. The smallest absolute Gasteiger partial charge is 0.407 e. The van der Waals surface area contributed by atoms with Crippen LogP contribution < -0.4 is 5.32 Å². The first-order valence-corrected chi connectivity index (χ1v) is 14.3. The Kier molecular flexibility index (Phi) is 9.08. The molecular weight excluding hydrogens is 592 g/mol. The number of amides is 2. The molecule has 2 heterocycles. The first kappa shape index (κ1) is 30.8. The van der Waals surface area contributed by atoms with Gasteiger partial charge in [0.05, 0.1) is 26.1 Å². The zero-order valence-corrected chi connectivity index (χ0v) is 23.9. The molecule has 14 nitrogen and oxygen atoms in total. The third-order valence-corrected chi connectivity index (χ3v) is 9.51. The number of nitrogens with one attached hydrogen (secondary N) is 1. The van der Waals surface area contributed by atoms with Crippen LogP contribution in [-0.4, -0.2) is 65.7 Å². The number of carboxylic acids is 1. The highest BCUT2D eigenvalue weighted by Crippen LogP contribution is 2.63. The van der Waals surface area contributed by atoms with Gasteiger partial charge in [0, 0.05) is 42.5 Å². The Bertz CT molecular complexity index is 1450. The van der Waals surface area contributed by atoms with Gasteiger partial charge >= 0.3 is 12.1 Å². The molecule has 42 heavy (non-hydrogen) atoms. The third-order valence-electron chi connectivity index (χ3n) is 6.69. The van der Waals surface area contributed by atoms with Crippen molar-refractivity contribution in [2.45, 2.75) is 43.1 Å². The van der Waals surface area contributed by atoms with E-state index in [1.165, 1.54) is 60.4 Å². The highest BCUT2D eigenvalue weighted by atomic mass is 32.2. The van der Waals surface area contributed by atoms with Crippen molar-refractivity contribution in [2.24, 2.45) is 5.92 Å². The number of hydrogen-bond donors (Lipinski definition) is 3.